The molecule has 0 bridgehead atoms. The zero-order valence-electron chi connectivity index (χ0n) is 22.8. The van der Waals surface area contributed by atoms with Crippen molar-refractivity contribution in [3.05, 3.63) is 76.9 Å². The van der Waals surface area contributed by atoms with Crippen molar-refractivity contribution in [1.82, 2.24) is 4.90 Å². The molecule has 3 aliphatic heterocycles. The van der Waals surface area contributed by atoms with E-state index in [0.717, 1.165) is 79.8 Å². The van der Waals surface area contributed by atoms with Crippen LogP contribution in [0.3, 0.4) is 0 Å². The Morgan fingerprint density at radius 3 is 2.44 bits per heavy atom. The van der Waals surface area contributed by atoms with E-state index in [9.17, 15) is 13.2 Å². The summed E-state index contributed by atoms with van der Waals surface area (Å²) in [6.45, 7) is 5.51. The second-order valence-electron chi connectivity index (χ2n) is 11.4. The number of anilines is 2. The Bertz CT molecular complexity index is 1540. The van der Waals surface area contributed by atoms with Gasteiger partial charge in [-0.25, -0.2) is 8.42 Å². The average molecular weight is 546 g/mol. The Morgan fingerprint density at radius 1 is 1.00 bits per heavy atom. The highest BCUT2D eigenvalue weighted by atomic mass is 32.2. The first-order chi connectivity index (χ1) is 18.6. The quantitative estimate of drug-likeness (QED) is 0.500. The molecule has 8 heteroatoms. The summed E-state index contributed by atoms with van der Waals surface area (Å²) in [5.74, 6) is 1.02. The first-order valence-electron chi connectivity index (χ1n) is 13.6. The van der Waals surface area contributed by atoms with Crippen molar-refractivity contribution in [3.63, 3.8) is 0 Å². The van der Waals surface area contributed by atoms with Gasteiger partial charge in [-0.2, -0.15) is 0 Å². The van der Waals surface area contributed by atoms with Crippen LogP contribution in [0.2, 0.25) is 0 Å². The lowest BCUT2D eigenvalue weighted by Gasteiger charge is -2.37. The molecule has 0 radical (unpaired) electrons. The van der Waals surface area contributed by atoms with E-state index in [4.69, 9.17) is 4.74 Å². The molecule has 0 aromatic heterocycles. The van der Waals surface area contributed by atoms with Crippen molar-refractivity contribution in [2.24, 2.45) is 0 Å². The first kappa shape index (κ1) is 25.9. The summed E-state index contributed by atoms with van der Waals surface area (Å²) in [4.78, 5) is 18.1. The van der Waals surface area contributed by atoms with Gasteiger partial charge in [-0.05, 0) is 111 Å². The molecular weight excluding hydrogens is 510 g/mol. The standard InChI is InChI=1S/C31H35N3O4S/c1-21-17-25(32-39(3,36)37)10-11-26(21)22-6-8-23(9-7-22)30(35)34-14-4-5-24-18-29-27(19-28(24)34)31(20-38-29)12-15-33(2)16-13-31/h6-11,17-19,32H,4-5,12-16,20H2,1-3H3. The number of likely N-dealkylation sites (tertiary alicyclic amines) is 1. The van der Waals surface area contributed by atoms with Gasteiger partial charge in [0.15, 0.2) is 0 Å². The van der Waals surface area contributed by atoms with E-state index in [1.165, 1.54) is 11.1 Å². The first-order valence-corrected chi connectivity index (χ1v) is 15.5. The summed E-state index contributed by atoms with van der Waals surface area (Å²) in [6, 6.07) is 17.6. The number of amides is 1. The van der Waals surface area contributed by atoms with Gasteiger partial charge in [-0.15, -0.1) is 0 Å². The molecule has 0 unspecified atom stereocenters. The molecule has 1 N–H and O–H groups in total. The van der Waals surface area contributed by atoms with Crippen molar-refractivity contribution in [2.75, 3.05) is 49.2 Å². The number of nitrogens with one attached hydrogen (secondary N) is 1. The molecule has 0 atom stereocenters. The summed E-state index contributed by atoms with van der Waals surface area (Å²) in [6.07, 6.45) is 5.18. The summed E-state index contributed by atoms with van der Waals surface area (Å²) >= 11 is 0. The predicted octanol–water partition coefficient (Wildman–Crippen LogP) is 4.98. The van der Waals surface area contributed by atoms with Crippen LogP contribution in [0.15, 0.2) is 54.6 Å². The van der Waals surface area contributed by atoms with Gasteiger partial charge in [0.05, 0.1) is 12.9 Å². The van der Waals surface area contributed by atoms with Crippen LogP contribution in [-0.4, -0.2) is 58.8 Å². The molecule has 39 heavy (non-hydrogen) atoms. The minimum atomic E-state index is -3.33. The number of aryl methyl sites for hydroxylation is 2. The second-order valence-corrected chi connectivity index (χ2v) is 13.1. The lowest BCUT2D eigenvalue weighted by atomic mass is 9.74. The normalized spacial score (nSPS) is 18.4. The van der Waals surface area contributed by atoms with E-state index in [2.05, 4.69) is 28.8 Å². The molecule has 3 aromatic carbocycles. The van der Waals surface area contributed by atoms with Gasteiger partial charge in [0.25, 0.3) is 5.91 Å². The number of fused-ring (bicyclic) bond motifs is 3. The third-order valence-electron chi connectivity index (χ3n) is 8.54. The van der Waals surface area contributed by atoms with Gasteiger partial charge in [-0.3, -0.25) is 9.52 Å². The van der Waals surface area contributed by atoms with Gasteiger partial charge in [0, 0.05) is 34.5 Å². The lowest BCUT2D eigenvalue weighted by molar-refractivity contribution is 0.0985. The molecule has 1 amide bonds. The van der Waals surface area contributed by atoms with Crippen LogP contribution in [0.4, 0.5) is 11.4 Å². The molecule has 7 nitrogen and oxygen atoms in total. The van der Waals surface area contributed by atoms with Gasteiger partial charge < -0.3 is 14.5 Å². The van der Waals surface area contributed by atoms with Crippen LogP contribution in [0.5, 0.6) is 5.75 Å². The minimum absolute atomic E-state index is 0.0169. The van der Waals surface area contributed by atoms with E-state index < -0.39 is 10.0 Å². The number of rotatable bonds is 4. The Balaban J connectivity index is 1.26. The van der Waals surface area contributed by atoms with Crippen molar-refractivity contribution in [1.29, 1.82) is 0 Å². The molecule has 6 rings (SSSR count). The summed E-state index contributed by atoms with van der Waals surface area (Å²) < 4.78 is 31.9. The maximum absolute atomic E-state index is 13.8. The number of carbonyl (C=O) groups excluding carboxylic acids is 1. The highest BCUT2D eigenvalue weighted by Gasteiger charge is 2.43. The molecule has 204 valence electrons. The lowest BCUT2D eigenvalue weighted by Crippen LogP contribution is -2.42. The molecule has 0 aliphatic carbocycles. The van der Waals surface area contributed by atoms with Crippen LogP contribution < -0.4 is 14.4 Å². The molecule has 3 aliphatic rings. The summed E-state index contributed by atoms with van der Waals surface area (Å²) in [5, 5.41) is 0. The molecular formula is C31H35N3O4S. The van der Waals surface area contributed by atoms with Gasteiger partial charge >= 0.3 is 0 Å². The molecule has 1 spiro atoms. The van der Waals surface area contributed by atoms with E-state index in [1.807, 2.05) is 48.2 Å². The Hall–Kier alpha value is -3.36. The van der Waals surface area contributed by atoms with E-state index >= 15 is 0 Å². The zero-order valence-corrected chi connectivity index (χ0v) is 23.6. The fraction of sp³-hybridized carbons (Fsp3) is 0.387. The minimum Gasteiger partial charge on any atom is -0.492 e. The van der Waals surface area contributed by atoms with Crippen molar-refractivity contribution < 1.29 is 17.9 Å². The number of hydrogen-bond acceptors (Lipinski definition) is 5. The number of ether oxygens (including phenoxy) is 1. The number of carbonyl (C=O) groups is 1. The fourth-order valence-electron chi connectivity index (χ4n) is 6.32. The third-order valence-corrected chi connectivity index (χ3v) is 9.14. The summed E-state index contributed by atoms with van der Waals surface area (Å²) in [7, 11) is -1.16. The van der Waals surface area contributed by atoms with Gasteiger partial charge in [0.2, 0.25) is 10.0 Å². The van der Waals surface area contributed by atoms with Crippen molar-refractivity contribution >= 4 is 27.3 Å². The highest BCUT2D eigenvalue weighted by molar-refractivity contribution is 7.92. The largest absolute Gasteiger partial charge is 0.492 e. The molecule has 3 heterocycles. The van der Waals surface area contributed by atoms with Crippen LogP contribution in [0.25, 0.3) is 11.1 Å². The molecule has 0 saturated carbocycles. The zero-order chi connectivity index (χ0) is 27.4. The van der Waals surface area contributed by atoms with Crippen molar-refractivity contribution in [2.45, 2.75) is 38.0 Å². The van der Waals surface area contributed by atoms with Crippen LogP contribution in [-0.2, 0) is 21.9 Å². The maximum Gasteiger partial charge on any atom is 0.258 e. The smallest absolute Gasteiger partial charge is 0.258 e. The highest BCUT2D eigenvalue weighted by Crippen LogP contribution is 2.48. The van der Waals surface area contributed by atoms with E-state index in [-0.39, 0.29) is 11.3 Å². The number of nitrogens with zero attached hydrogens (tertiary/aromatic N) is 2. The fourth-order valence-corrected chi connectivity index (χ4v) is 6.88. The maximum atomic E-state index is 13.8. The van der Waals surface area contributed by atoms with E-state index in [1.54, 1.807) is 6.07 Å². The number of piperidine rings is 1. The third kappa shape index (κ3) is 4.92. The molecule has 1 fully saturated rings. The molecule has 3 aromatic rings. The Kier molecular flexibility index (Phi) is 6.43. The van der Waals surface area contributed by atoms with Crippen molar-refractivity contribution in [3.8, 4) is 16.9 Å². The topological polar surface area (TPSA) is 79.0 Å². The Labute approximate surface area is 230 Å². The number of hydrogen-bond donors (Lipinski definition) is 1. The Morgan fingerprint density at radius 2 is 1.74 bits per heavy atom. The average Bonchev–Trinajstić information content (AvgIpc) is 3.24. The monoisotopic (exact) mass is 545 g/mol. The summed E-state index contributed by atoms with van der Waals surface area (Å²) in [5.41, 5.74) is 7.66. The van der Waals surface area contributed by atoms with E-state index in [0.29, 0.717) is 17.8 Å². The van der Waals surface area contributed by atoms with Gasteiger partial charge in [0.1, 0.15) is 5.75 Å². The SMILES string of the molecule is Cc1cc(NS(C)(=O)=O)ccc1-c1ccc(C(=O)N2CCCc3cc4c(cc32)C2(CCN(C)CC2)CO4)cc1. The predicted molar refractivity (Wildman–Crippen MR) is 155 cm³/mol. The second kappa shape index (κ2) is 9.68. The number of sulfonamides is 1. The van der Waals surface area contributed by atoms with Gasteiger partial charge in [-0.1, -0.05) is 18.2 Å². The van der Waals surface area contributed by atoms with Crippen LogP contribution in [0.1, 0.15) is 46.3 Å². The van der Waals surface area contributed by atoms with Crippen LogP contribution >= 0.6 is 0 Å². The number of benzene rings is 3. The van der Waals surface area contributed by atoms with Crippen LogP contribution in [0, 0.1) is 6.92 Å². The molecule has 1 saturated heterocycles.